The molecule has 0 aliphatic carbocycles. The molecule has 6 heteroatoms. The second kappa shape index (κ2) is 9.28. The molecule has 0 radical (unpaired) electrons. The minimum Gasteiger partial charge on any atom is -0.496 e. The number of hydrogen-bond donors (Lipinski definition) is 0. The Kier molecular flexibility index (Phi) is 6.54. The van der Waals surface area contributed by atoms with Crippen LogP contribution in [-0.2, 0) is 6.54 Å². The Labute approximate surface area is 160 Å². The van der Waals surface area contributed by atoms with Crippen LogP contribution in [0.5, 0.6) is 17.2 Å². The largest absolute Gasteiger partial charge is 0.496 e. The van der Waals surface area contributed by atoms with Crippen molar-refractivity contribution in [3.63, 3.8) is 0 Å². The molecule has 1 aliphatic heterocycles. The van der Waals surface area contributed by atoms with E-state index in [-0.39, 0.29) is 0 Å². The van der Waals surface area contributed by atoms with Gasteiger partial charge in [0.15, 0.2) is 11.5 Å². The highest BCUT2D eigenvalue weighted by atomic mass is 16.5. The zero-order valence-electron chi connectivity index (χ0n) is 16.2. The minimum atomic E-state index is 0.640. The van der Waals surface area contributed by atoms with E-state index in [9.17, 15) is 0 Å². The molecular formula is C21H27N3O3. The van der Waals surface area contributed by atoms with Gasteiger partial charge < -0.3 is 14.2 Å². The van der Waals surface area contributed by atoms with E-state index in [1.54, 1.807) is 21.3 Å². The lowest BCUT2D eigenvalue weighted by Crippen LogP contribution is -2.43. The molecule has 2 aromatic rings. The van der Waals surface area contributed by atoms with Crippen LogP contribution in [0, 0.1) is 0 Å². The Morgan fingerprint density at radius 1 is 0.852 bits per heavy atom. The Balaban J connectivity index is 1.60. The highest BCUT2D eigenvalue weighted by Crippen LogP contribution is 2.33. The highest BCUT2D eigenvalue weighted by Gasteiger charge is 2.16. The van der Waals surface area contributed by atoms with Gasteiger partial charge in [0.25, 0.3) is 0 Å². The van der Waals surface area contributed by atoms with E-state index in [4.69, 9.17) is 14.2 Å². The molecule has 144 valence electrons. The zero-order chi connectivity index (χ0) is 19.1. The summed E-state index contributed by atoms with van der Waals surface area (Å²) in [5.74, 6) is 2.01. The van der Waals surface area contributed by atoms with Crippen LogP contribution in [0.1, 0.15) is 11.1 Å². The van der Waals surface area contributed by atoms with Crippen molar-refractivity contribution >= 4 is 6.21 Å². The molecule has 0 N–H and O–H groups in total. The van der Waals surface area contributed by atoms with E-state index in [2.05, 4.69) is 45.3 Å². The molecule has 1 saturated heterocycles. The summed E-state index contributed by atoms with van der Waals surface area (Å²) in [7, 11) is 4.87. The van der Waals surface area contributed by atoms with Gasteiger partial charge in [0, 0.05) is 44.4 Å². The van der Waals surface area contributed by atoms with Gasteiger partial charge in [-0.15, -0.1) is 0 Å². The average Bonchev–Trinajstić information content (AvgIpc) is 2.73. The first kappa shape index (κ1) is 19.0. The van der Waals surface area contributed by atoms with Gasteiger partial charge in [-0.1, -0.05) is 30.3 Å². The van der Waals surface area contributed by atoms with Gasteiger partial charge in [-0.3, -0.25) is 9.91 Å². The number of ether oxygens (including phenoxy) is 3. The third kappa shape index (κ3) is 4.92. The number of nitrogens with zero attached hydrogens (tertiary/aromatic N) is 3. The molecule has 3 rings (SSSR count). The van der Waals surface area contributed by atoms with Crippen molar-refractivity contribution < 1.29 is 14.2 Å². The molecule has 2 aromatic carbocycles. The third-order valence-corrected chi connectivity index (χ3v) is 4.69. The number of rotatable bonds is 7. The van der Waals surface area contributed by atoms with Crippen LogP contribution in [-0.4, -0.2) is 63.6 Å². The minimum absolute atomic E-state index is 0.640. The topological polar surface area (TPSA) is 46.5 Å². The normalized spacial score (nSPS) is 15.1. The first-order valence-corrected chi connectivity index (χ1v) is 9.08. The lowest BCUT2D eigenvalue weighted by molar-refractivity contribution is 0.131. The molecule has 0 bridgehead atoms. The summed E-state index contributed by atoms with van der Waals surface area (Å²) in [6.45, 7) is 4.78. The molecule has 0 atom stereocenters. The van der Waals surface area contributed by atoms with Crippen LogP contribution in [0.4, 0.5) is 0 Å². The summed E-state index contributed by atoms with van der Waals surface area (Å²) in [5.41, 5.74) is 2.21. The van der Waals surface area contributed by atoms with Gasteiger partial charge >= 0.3 is 0 Å². The number of benzene rings is 2. The summed E-state index contributed by atoms with van der Waals surface area (Å²) >= 11 is 0. The van der Waals surface area contributed by atoms with Crippen molar-refractivity contribution in [2.75, 3.05) is 47.5 Å². The molecule has 0 spiro atoms. The molecule has 0 amide bonds. The van der Waals surface area contributed by atoms with E-state index >= 15 is 0 Å². The maximum Gasteiger partial charge on any atom is 0.164 e. The molecule has 0 saturated carbocycles. The number of hydrazone groups is 1. The second-order valence-corrected chi connectivity index (χ2v) is 6.41. The van der Waals surface area contributed by atoms with Crippen LogP contribution in [0.2, 0.25) is 0 Å². The highest BCUT2D eigenvalue weighted by molar-refractivity contribution is 5.85. The van der Waals surface area contributed by atoms with Crippen LogP contribution in [0.3, 0.4) is 0 Å². The predicted molar refractivity (Wildman–Crippen MR) is 107 cm³/mol. The van der Waals surface area contributed by atoms with Gasteiger partial charge in [0.2, 0.25) is 0 Å². The smallest absolute Gasteiger partial charge is 0.164 e. The summed E-state index contributed by atoms with van der Waals surface area (Å²) in [6.07, 6.45) is 1.83. The van der Waals surface area contributed by atoms with Crippen molar-refractivity contribution in [2.24, 2.45) is 5.10 Å². The molecular weight excluding hydrogens is 342 g/mol. The maximum absolute atomic E-state index is 5.46. The molecule has 1 aliphatic rings. The monoisotopic (exact) mass is 369 g/mol. The van der Waals surface area contributed by atoms with Crippen LogP contribution in [0.25, 0.3) is 0 Å². The average molecular weight is 369 g/mol. The van der Waals surface area contributed by atoms with Gasteiger partial charge in [-0.25, -0.2) is 0 Å². The van der Waals surface area contributed by atoms with Crippen LogP contribution < -0.4 is 14.2 Å². The van der Waals surface area contributed by atoms with Crippen molar-refractivity contribution in [2.45, 2.75) is 6.54 Å². The second-order valence-electron chi connectivity index (χ2n) is 6.41. The standard InChI is InChI=1S/C21H27N3O3/c1-25-19-14-21(27-3)20(26-2)13-18(19)15-22-24-11-9-23(10-12-24)16-17-7-5-4-6-8-17/h4-8,13-15H,9-12,16H2,1-3H3. The Morgan fingerprint density at radius 2 is 1.48 bits per heavy atom. The Bertz CT molecular complexity index is 757. The molecule has 0 unspecified atom stereocenters. The fourth-order valence-electron chi connectivity index (χ4n) is 3.15. The zero-order valence-corrected chi connectivity index (χ0v) is 16.2. The van der Waals surface area contributed by atoms with Gasteiger partial charge in [0.1, 0.15) is 5.75 Å². The number of piperazine rings is 1. The molecule has 1 fully saturated rings. The SMILES string of the molecule is COc1cc(OC)c(OC)cc1C=NN1CCN(Cc2ccccc2)CC1. The lowest BCUT2D eigenvalue weighted by atomic mass is 10.2. The van der Waals surface area contributed by atoms with Gasteiger partial charge in [-0.2, -0.15) is 5.10 Å². The van der Waals surface area contributed by atoms with E-state index in [0.29, 0.717) is 17.2 Å². The summed E-state index contributed by atoms with van der Waals surface area (Å²) < 4.78 is 16.2. The first-order valence-electron chi connectivity index (χ1n) is 9.08. The van der Waals surface area contributed by atoms with E-state index in [1.165, 1.54) is 5.56 Å². The van der Waals surface area contributed by atoms with Crippen molar-refractivity contribution in [3.05, 3.63) is 53.6 Å². The Morgan fingerprint density at radius 3 is 2.11 bits per heavy atom. The van der Waals surface area contributed by atoms with Gasteiger partial charge in [-0.05, 0) is 11.6 Å². The summed E-state index contributed by atoms with van der Waals surface area (Å²) in [4.78, 5) is 2.46. The summed E-state index contributed by atoms with van der Waals surface area (Å²) in [5, 5.41) is 6.73. The molecule has 27 heavy (non-hydrogen) atoms. The van der Waals surface area contributed by atoms with Crippen LogP contribution >= 0.6 is 0 Å². The molecule has 6 nitrogen and oxygen atoms in total. The molecule has 0 aromatic heterocycles. The van der Waals surface area contributed by atoms with Crippen molar-refractivity contribution in [3.8, 4) is 17.2 Å². The molecule has 1 heterocycles. The van der Waals surface area contributed by atoms with E-state index in [0.717, 1.165) is 38.3 Å². The van der Waals surface area contributed by atoms with Crippen molar-refractivity contribution in [1.82, 2.24) is 9.91 Å². The van der Waals surface area contributed by atoms with E-state index < -0.39 is 0 Å². The van der Waals surface area contributed by atoms with Crippen LogP contribution in [0.15, 0.2) is 47.6 Å². The quantitative estimate of drug-likeness (QED) is 0.703. The maximum atomic E-state index is 5.46. The number of hydrogen-bond acceptors (Lipinski definition) is 6. The fourth-order valence-corrected chi connectivity index (χ4v) is 3.15. The van der Waals surface area contributed by atoms with E-state index in [1.807, 2.05) is 18.3 Å². The fraction of sp³-hybridized carbons (Fsp3) is 0.381. The first-order chi connectivity index (χ1) is 13.2. The van der Waals surface area contributed by atoms with Gasteiger partial charge in [0.05, 0.1) is 27.5 Å². The lowest BCUT2D eigenvalue weighted by Gasteiger charge is -2.33. The third-order valence-electron chi connectivity index (χ3n) is 4.69. The summed E-state index contributed by atoms with van der Waals surface area (Å²) in [6, 6.07) is 14.3. The Hall–Kier alpha value is -2.73. The van der Waals surface area contributed by atoms with Crippen molar-refractivity contribution in [1.29, 1.82) is 0 Å². The number of methoxy groups -OCH3 is 3. The predicted octanol–water partition coefficient (Wildman–Crippen LogP) is 2.86.